The van der Waals surface area contributed by atoms with Gasteiger partial charge in [-0.2, -0.15) is 0 Å². The Bertz CT molecular complexity index is 384. The number of morpholine rings is 1. The number of nitrogens with zero attached hydrogens (tertiary/aromatic N) is 1. The van der Waals surface area contributed by atoms with Gasteiger partial charge in [-0.05, 0) is 24.1 Å². The molecule has 1 heterocycles. The second-order valence-electron chi connectivity index (χ2n) is 4.31. The van der Waals surface area contributed by atoms with E-state index in [-0.39, 0.29) is 0 Å². The zero-order valence-corrected chi connectivity index (χ0v) is 10.9. The molecule has 1 saturated heterocycles. The molecule has 1 aliphatic heterocycles. The van der Waals surface area contributed by atoms with Gasteiger partial charge in [-0.3, -0.25) is 0 Å². The largest absolute Gasteiger partial charge is 0.377 e. The Morgan fingerprint density at radius 1 is 1.53 bits per heavy atom. The molecule has 0 bridgehead atoms. The van der Waals surface area contributed by atoms with E-state index in [4.69, 9.17) is 22.1 Å². The molecule has 4 heteroatoms. The average molecular weight is 255 g/mol. The minimum Gasteiger partial charge on any atom is -0.377 e. The quantitative estimate of drug-likeness (QED) is 0.900. The van der Waals surface area contributed by atoms with Crippen molar-refractivity contribution in [2.45, 2.75) is 25.9 Å². The van der Waals surface area contributed by atoms with Gasteiger partial charge in [-0.15, -0.1) is 0 Å². The summed E-state index contributed by atoms with van der Waals surface area (Å²) in [6, 6.07) is 6.35. The minimum atomic E-state index is 0.424. The summed E-state index contributed by atoms with van der Waals surface area (Å²) in [5.41, 5.74) is 8.10. The van der Waals surface area contributed by atoms with Crippen molar-refractivity contribution in [3.8, 4) is 0 Å². The molecule has 1 atom stereocenters. The Kier molecular flexibility index (Phi) is 4.26. The van der Waals surface area contributed by atoms with Crippen molar-refractivity contribution in [1.82, 2.24) is 0 Å². The Balaban J connectivity index is 2.33. The van der Waals surface area contributed by atoms with E-state index in [0.29, 0.717) is 12.6 Å². The van der Waals surface area contributed by atoms with Gasteiger partial charge in [0.15, 0.2) is 0 Å². The second kappa shape index (κ2) is 5.71. The predicted octanol–water partition coefficient (Wildman–Crippen LogP) is 2.41. The van der Waals surface area contributed by atoms with Gasteiger partial charge in [0.25, 0.3) is 0 Å². The van der Waals surface area contributed by atoms with Crippen LogP contribution in [0.2, 0.25) is 5.02 Å². The molecule has 0 aliphatic carbocycles. The topological polar surface area (TPSA) is 38.5 Å². The molecule has 1 aromatic carbocycles. The standard InChI is InChI=1S/C13H19ClN2O/c1-2-12-9-17-6-5-16(12)13-7-11(14)4-3-10(13)8-15/h3-4,7,12H,2,5-6,8-9,15H2,1H3. The van der Waals surface area contributed by atoms with Crippen molar-refractivity contribution < 1.29 is 4.74 Å². The van der Waals surface area contributed by atoms with E-state index in [9.17, 15) is 0 Å². The molecule has 0 aromatic heterocycles. The fourth-order valence-corrected chi connectivity index (χ4v) is 2.45. The Labute approximate surface area is 107 Å². The molecule has 0 amide bonds. The summed E-state index contributed by atoms with van der Waals surface area (Å²) in [5.74, 6) is 0. The van der Waals surface area contributed by atoms with E-state index in [1.54, 1.807) is 0 Å². The fraction of sp³-hybridized carbons (Fsp3) is 0.538. The van der Waals surface area contributed by atoms with Crippen molar-refractivity contribution in [2.75, 3.05) is 24.7 Å². The van der Waals surface area contributed by atoms with Crippen molar-refractivity contribution in [3.63, 3.8) is 0 Å². The zero-order chi connectivity index (χ0) is 12.3. The second-order valence-corrected chi connectivity index (χ2v) is 4.74. The summed E-state index contributed by atoms with van der Waals surface area (Å²) in [5, 5.41) is 0.763. The first kappa shape index (κ1) is 12.7. The zero-order valence-electron chi connectivity index (χ0n) is 10.2. The highest BCUT2D eigenvalue weighted by molar-refractivity contribution is 6.30. The third-order valence-electron chi connectivity index (χ3n) is 3.28. The van der Waals surface area contributed by atoms with Gasteiger partial charge in [0.05, 0.1) is 19.3 Å². The first-order valence-electron chi connectivity index (χ1n) is 6.09. The number of rotatable bonds is 3. The van der Waals surface area contributed by atoms with Crippen LogP contribution in [0, 0.1) is 0 Å². The summed E-state index contributed by atoms with van der Waals surface area (Å²) < 4.78 is 5.52. The monoisotopic (exact) mass is 254 g/mol. The smallest absolute Gasteiger partial charge is 0.0670 e. The van der Waals surface area contributed by atoms with E-state index in [1.165, 1.54) is 0 Å². The lowest BCUT2D eigenvalue weighted by molar-refractivity contribution is 0.0929. The predicted molar refractivity (Wildman–Crippen MR) is 71.6 cm³/mol. The highest BCUT2D eigenvalue weighted by Gasteiger charge is 2.23. The summed E-state index contributed by atoms with van der Waals surface area (Å²) in [4.78, 5) is 2.37. The lowest BCUT2D eigenvalue weighted by Crippen LogP contribution is -2.45. The molecule has 1 aromatic rings. The fourth-order valence-electron chi connectivity index (χ4n) is 2.29. The van der Waals surface area contributed by atoms with E-state index in [1.807, 2.05) is 18.2 Å². The lowest BCUT2D eigenvalue weighted by Gasteiger charge is -2.38. The molecule has 0 radical (unpaired) electrons. The van der Waals surface area contributed by atoms with Gasteiger partial charge >= 0.3 is 0 Å². The van der Waals surface area contributed by atoms with Crippen LogP contribution in [0.15, 0.2) is 18.2 Å². The van der Waals surface area contributed by atoms with Crippen LogP contribution >= 0.6 is 11.6 Å². The van der Waals surface area contributed by atoms with Gasteiger partial charge in [-0.25, -0.2) is 0 Å². The molecule has 2 rings (SSSR count). The Hall–Kier alpha value is -0.770. The third-order valence-corrected chi connectivity index (χ3v) is 3.51. The molecule has 17 heavy (non-hydrogen) atoms. The molecule has 0 saturated carbocycles. The van der Waals surface area contributed by atoms with Crippen LogP contribution in [-0.2, 0) is 11.3 Å². The van der Waals surface area contributed by atoms with Crippen LogP contribution in [0.25, 0.3) is 0 Å². The number of hydrogen-bond acceptors (Lipinski definition) is 3. The highest BCUT2D eigenvalue weighted by atomic mass is 35.5. The van der Waals surface area contributed by atoms with Crippen LogP contribution < -0.4 is 10.6 Å². The first-order valence-corrected chi connectivity index (χ1v) is 6.47. The van der Waals surface area contributed by atoms with Crippen molar-refractivity contribution in [1.29, 1.82) is 0 Å². The van der Waals surface area contributed by atoms with Crippen molar-refractivity contribution in [3.05, 3.63) is 28.8 Å². The van der Waals surface area contributed by atoms with Crippen molar-refractivity contribution in [2.24, 2.45) is 5.73 Å². The van der Waals surface area contributed by atoms with E-state index in [0.717, 1.165) is 42.5 Å². The number of ether oxygens (including phenoxy) is 1. The number of halogens is 1. The maximum atomic E-state index is 6.09. The average Bonchev–Trinajstić information content (AvgIpc) is 2.38. The molecule has 1 unspecified atom stereocenters. The maximum Gasteiger partial charge on any atom is 0.0670 e. The van der Waals surface area contributed by atoms with E-state index >= 15 is 0 Å². The molecule has 0 spiro atoms. The molecule has 94 valence electrons. The van der Waals surface area contributed by atoms with Crippen LogP contribution in [0.4, 0.5) is 5.69 Å². The van der Waals surface area contributed by atoms with E-state index < -0.39 is 0 Å². The summed E-state index contributed by atoms with van der Waals surface area (Å²) >= 11 is 6.09. The van der Waals surface area contributed by atoms with Crippen LogP contribution in [0.3, 0.4) is 0 Å². The normalized spacial score (nSPS) is 20.6. The van der Waals surface area contributed by atoms with Gasteiger partial charge in [0.1, 0.15) is 0 Å². The molecular weight excluding hydrogens is 236 g/mol. The van der Waals surface area contributed by atoms with Gasteiger partial charge in [0.2, 0.25) is 0 Å². The minimum absolute atomic E-state index is 0.424. The summed E-state index contributed by atoms with van der Waals surface area (Å²) in [7, 11) is 0. The molecule has 1 fully saturated rings. The number of anilines is 1. The number of nitrogens with two attached hydrogens (primary N) is 1. The first-order chi connectivity index (χ1) is 8.26. The van der Waals surface area contributed by atoms with Gasteiger partial charge in [0, 0.05) is 23.8 Å². The highest BCUT2D eigenvalue weighted by Crippen LogP contribution is 2.28. The summed E-state index contributed by atoms with van der Waals surface area (Å²) in [6.07, 6.45) is 1.07. The van der Waals surface area contributed by atoms with Crippen LogP contribution in [0.1, 0.15) is 18.9 Å². The maximum absolute atomic E-state index is 6.09. The molecule has 3 nitrogen and oxygen atoms in total. The van der Waals surface area contributed by atoms with Crippen LogP contribution in [-0.4, -0.2) is 25.8 Å². The molecule has 2 N–H and O–H groups in total. The number of benzene rings is 1. The molecule has 1 aliphatic rings. The van der Waals surface area contributed by atoms with E-state index in [2.05, 4.69) is 11.8 Å². The Morgan fingerprint density at radius 3 is 3.06 bits per heavy atom. The Morgan fingerprint density at radius 2 is 2.35 bits per heavy atom. The molecular formula is C13H19ClN2O. The number of hydrogen-bond donors (Lipinski definition) is 1. The third kappa shape index (κ3) is 2.73. The SMILES string of the molecule is CCC1COCCN1c1cc(Cl)ccc1CN. The lowest BCUT2D eigenvalue weighted by atomic mass is 10.1. The van der Waals surface area contributed by atoms with Gasteiger partial charge < -0.3 is 15.4 Å². The van der Waals surface area contributed by atoms with Gasteiger partial charge in [-0.1, -0.05) is 24.6 Å². The summed E-state index contributed by atoms with van der Waals surface area (Å²) in [6.45, 7) is 5.19. The van der Waals surface area contributed by atoms with Crippen LogP contribution in [0.5, 0.6) is 0 Å². The van der Waals surface area contributed by atoms with Crippen molar-refractivity contribution >= 4 is 17.3 Å².